The largest absolute Gasteiger partial charge is 0.481 e. The molecule has 0 aromatic heterocycles. The predicted octanol–water partition coefficient (Wildman–Crippen LogP) is 3.83. The molecule has 0 aliphatic heterocycles. The molecule has 0 saturated heterocycles. The monoisotopic (exact) mass is 476 g/mol. The van der Waals surface area contributed by atoms with E-state index >= 15 is 0 Å². The lowest BCUT2D eigenvalue weighted by molar-refractivity contribution is -0.150. The molecule has 1 unspecified atom stereocenters. The van der Waals surface area contributed by atoms with Gasteiger partial charge in [-0.05, 0) is 35.1 Å². The molecule has 10 heteroatoms. The van der Waals surface area contributed by atoms with Crippen molar-refractivity contribution in [2.24, 2.45) is 5.92 Å². The molecular weight excluding hydrogens is 453 g/mol. The van der Waals surface area contributed by atoms with E-state index in [1.165, 1.54) is 0 Å². The third-order valence-corrected chi connectivity index (χ3v) is 6.22. The van der Waals surface area contributed by atoms with Crippen molar-refractivity contribution >= 4 is 18.0 Å². The Morgan fingerprint density at radius 2 is 1.56 bits per heavy atom. The molecule has 180 valence electrons. The Hall–Kier alpha value is -3.56. The molecule has 1 atom stereocenters. The quantitative estimate of drug-likeness (QED) is 0.564. The fraction of sp³-hybridized carbons (Fsp3) is 0.375. The third kappa shape index (κ3) is 5.16. The molecule has 0 radical (unpaired) electrons. The fourth-order valence-corrected chi connectivity index (χ4v) is 4.46. The highest BCUT2D eigenvalue weighted by Gasteiger charge is 2.40. The van der Waals surface area contributed by atoms with Crippen molar-refractivity contribution in [3.63, 3.8) is 0 Å². The van der Waals surface area contributed by atoms with E-state index in [1.54, 1.807) is 0 Å². The summed E-state index contributed by atoms with van der Waals surface area (Å²) in [5.41, 5.74) is 3.89. The molecule has 0 spiro atoms. The predicted molar refractivity (Wildman–Crippen MR) is 115 cm³/mol. The smallest absolute Gasteiger partial charge is 0.407 e. The number of halogens is 3. The van der Waals surface area contributed by atoms with E-state index in [1.807, 2.05) is 53.8 Å². The topological polar surface area (TPSA) is 105 Å². The van der Waals surface area contributed by atoms with Gasteiger partial charge in [0.15, 0.2) is 0 Å². The maximum atomic E-state index is 13.0. The molecule has 2 aliphatic carbocycles. The lowest BCUT2D eigenvalue weighted by atomic mass is 9.80. The normalized spacial score (nSPS) is 19.9. The summed E-state index contributed by atoms with van der Waals surface area (Å²) in [6.07, 6.45) is -7.15. The highest BCUT2D eigenvalue weighted by Crippen LogP contribution is 2.44. The summed E-state index contributed by atoms with van der Waals surface area (Å²) in [5.74, 6) is -2.97. The molecule has 34 heavy (non-hydrogen) atoms. The van der Waals surface area contributed by atoms with E-state index in [9.17, 15) is 27.6 Å². The van der Waals surface area contributed by atoms with E-state index in [-0.39, 0.29) is 25.4 Å². The number of nitrogens with one attached hydrogen (secondary N) is 2. The first-order valence-electron chi connectivity index (χ1n) is 10.8. The van der Waals surface area contributed by atoms with E-state index in [0.29, 0.717) is 0 Å². The van der Waals surface area contributed by atoms with Crippen LogP contribution in [0.5, 0.6) is 0 Å². The highest BCUT2D eigenvalue weighted by molar-refractivity contribution is 5.86. The number of carboxylic acid groups (broad SMARTS) is 1. The van der Waals surface area contributed by atoms with Crippen LogP contribution in [-0.2, 0) is 14.3 Å². The number of carboxylic acids is 1. The average Bonchev–Trinajstić information content (AvgIpc) is 3.06. The van der Waals surface area contributed by atoms with E-state index in [2.05, 4.69) is 5.32 Å². The Balaban J connectivity index is 1.38. The van der Waals surface area contributed by atoms with Crippen molar-refractivity contribution in [1.82, 2.24) is 10.6 Å². The Labute approximate surface area is 193 Å². The summed E-state index contributed by atoms with van der Waals surface area (Å²) in [4.78, 5) is 35.7. The molecule has 7 nitrogen and oxygen atoms in total. The molecular formula is C24H23F3N2O5. The summed E-state index contributed by atoms with van der Waals surface area (Å²) in [6.45, 7) is -0.108. The van der Waals surface area contributed by atoms with Crippen molar-refractivity contribution in [3.8, 4) is 11.1 Å². The van der Waals surface area contributed by atoms with Gasteiger partial charge in [-0.2, -0.15) is 13.2 Å². The molecule has 3 N–H and O–H groups in total. The van der Waals surface area contributed by atoms with E-state index < -0.39 is 48.6 Å². The molecule has 0 heterocycles. The second-order valence-corrected chi connectivity index (χ2v) is 8.55. The zero-order valence-electron chi connectivity index (χ0n) is 18.0. The van der Waals surface area contributed by atoms with Crippen LogP contribution in [0.4, 0.5) is 18.0 Å². The second kappa shape index (κ2) is 9.36. The first kappa shape index (κ1) is 23.6. The van der Waals surface area contributed by atoms with Crippen LogP contribution in [0.15, 0.2) is 48.5 Å². The number of benzene rings is 2. The minimum atomic E-state index is -4.71. The Morgan fingerprint density at radius 3 is 2.09 bits per heavy atom. The standard InChI is InChI=1S/C24H23F3N2O5/c25-24(26,27)11-20(21(30)28-14-9-13(10-14)22(31)32)29-23(33)34-12-19-17-7-3-1-5-15(17)16-6-2-4-8-18(16)19/h1-8,13-14,19-20H,9-12H2,(H,28,30)(H,29,33)(H,31,32). The third-order valence-electron chi connectivity index (χ3n) is 6.22. The van der Waals surface area contributed by atoms with Crippen LogP contribution < -0.4 is 10.6 Å². The van der Waals surface area contributed by atoms with Crippen LogP contribution in [0.2, 0.25) is 0 Å². The zero-order chi connectivity index (χ0) is 24.5. The van der Waals surface area contributed by atoms with Crippen LogP contribution >= 0.6 is 0 Å². The van der Waals surface area contributed by atoms with Crippen LogP contribution in [0.1, 0.15) is 36.3 Å². The van der Waals surface area contributed by atoms with Crippen LogP contribution in [0, 0.1) is 5.92 Å². The number of aliphatic carboxylic acids is 1. The van der Waals surface area contributed by atoms with Crippen LogP contribution in [-0.4, -0.2) is 47.9 Å². The Bertz CT molecular complexity index is 1050. The van der Waals surface area contributed by atoms with Gasteiger partial charge in [-0.15, -0.1) is 0 Å². The number of alkyl carbamates (subject to hydrolysis) is 1. The summed E-state index contributed by atoms with van der Waals surface area (Å²) in [7, 11) is 0. The van der Waals surface area contributed by atoms with Gasteiger partial charge >= 0.3 is 18.2 Å². The second-order valence-electron chi connectivity index (χ2n) is 8.55. The zero-order valence-corrected chi connectivity index (χ0v) is 18.0. The van der Waals surface area contributed by atoms with Crippen LogP contribution in [0.3, 0.4) is 0 Å². The van der Waals surface area contributed by atoms with Gasteiger partial charge in [0.05, 0.1) is 12.3 Å². The lowest BCUT2D eigenvalue weighted by Gasteiger charge is -2.34. The molecule has 1 saturated carbocycles. The van der Waals surface area contributed by atoms with Gasteiger partial charge in [0.25, 0.3) is 0 Å². The number of carbonyl (C=O) groups is 3. The van der Waals surface area contributed by atoms with Gasteiger partial charge in [-0.1, -0.05) is 48.5 Å². The van der Waals surface area contributed by atoms with Gasteiger partial charge in [0.2, 0.25) is 5.91 Å². The minimum absolute atomic E-state index is 0.108. The molecule has 2 aromatic rings. The number of carbonyl (C=O) groups excluding carboxylic acids is 2. The van der Waals surface area contributed by atoms with Crippen molar-refractivity contribution < 1.29 is 37.4 Å². The number of hydrogen-bond acceptors (Lipinski definition) is 4. The average molecular weight is 476 g/mol. The maximum absolute atomic E-state index is 13.0. The summed E-state index contributed by atoms with van der Waals surface area (Å²) in [5, 5.41) is 13.3. The Morgan fingerprint density at radius 1 is 1.00 bits per heavy atom. The summed E-state index contributed by atoms with van der Waals surface area (Å²) < 4.78 is 44.3. The van der Waals surface area contributed by atoms with Crippen molar-refractivity contribution in [3.05, 3.63) is 59.7 Å². The van der Waals surface area contributed by atoms with Gasteiger partial charge in [0, 0.05) is 12.0 Å². The molecule has 2 aromatic carbocycles. The maximum Gasteiger partial charge on any atom is 0.407 e. The first-order valence-corrected chi connectivity index (χ1v) is 10.8. The number of ether oxygens (including phenoxy) is 1. The highest BCUT2D eigenvalue weighted by atomic mass is 19.4. The van der Waals surface area contributed by atoms with Gasteiger partial charge in [-0.25, -0.2) is 4.79 Å². The Kier molecular flexibility index (Phi) is 6.49. The number of hydrogen-bond donors (Lipinski definition) is 3. The van der Waals surface area contributed by atoms with Crippen molar-refractivity contribution in [2.45, 2.75) is 43.4 Å². The minimum Gasteiger partial charge on any atom is -0.481 e. The molecule has 4 rings (SSSR count). The molecule has 0 bridgehead atoms. The van der Waals surface area contributed by atoms with Crippen molar-refractivity contribution in [1.29, 1.82) is 0 Å². The lowest BCUT2D eigenvalue weighted by Crippen LogP contribution is -2.54. The van der Waals surface area contributed by atoms with Crippen molar-refractivity contribution in [2.75, 3.05) is 6.61 Å². The number of amides is 2. The summed E-state index contributed by atoms with van der Waals surface area (Å²) >= 11 is 0. The number of fused-ring (bicyclic) bond motifs is 3. The number of rotatable bonds is 7. The fourth-order valence-electron chi connectivity index (χ4n) is 4.46. The van der Waals surface area contributed by atoms with Gasteiger partial charge in [0.1, 0.15) is 12.6 Å². The first-order chi connectivity index (χ1) is 16.1. The molecule has 2 amide bonds. The SMILES string of the molecule is O=C(NC(CC(F)(F)F)C(=O)NC1CC(C(=O)O)C1)OCC1c2ccccc2-c2ccccc21. The summed E-state index contributed by atoms with van der Waals surface area (Å²) in [6, 6.07) is 12.8. The van der Waals surface area contributed by atoms with Gasteiger partial charge in [-0.3, -0.25) is 9.59 Å². The van der Waals surface area contributed by atoms with Gasteiger partial charge < -0.3 is 20.5 Å². The molecule has 1 fully saturated rings. The number of alkyl halides is 3. The van der Waals surface area contributed by atoms with E-state index in [4.69, 9.17) is 9.84 Å². The van der Waals surface area contributed by atoms with E-state index in [0.717, 1.165) is 22.3 Å². The molecule has 2 aliphatic rings. The van der Waals surface area contributed by atoms with Crippen LogP contribution in [0.25, 0.3) is 11.1 Å².